The van der Waals surface area contributed by atoms with E-state index in [0.29, 0.717) is 0 Å². The SMILES string of the molecule is O=C([O-])C1=C(F)C(F)N1F.O=C([O-])C1=C(F)C(F)N1F.[Pd+2]. The fraction of sp³-hybridized carbons (Fsp3) is 0.250. The van der Waals surface area contributed by atoms with Crippen LogP contribution in [0.25, 0.3) is 0 Å². The Morgan fingerprint density at radius 2 is 1.10 bits per heavy atom. The van der Waals surface area contributed by atoms with Crippen LogP contribution in [0.3, 0.4) is 0 Å². The van der Waals surface area contributed by atoms with E-state index in [4.69, 9.17) is 0 Å². The van der Waals surface area contributed by atoms with Crippen molar-refractivity contribution in [1.29, 1.82) is 0 Å². The number of aliphatic carboxylic acids is 2. The molecule has 120 valence electrons. The largest absolute Gasteiger partial charge is 2.00 e. The summed E-state index contributed by atoms with van der Waals surface area (Å²) in [6.07, 6.45) is -5.15. The van der Waals surface area contributed by atoms with Crippen LogP contribution in [0.1, 0.15) is 0 Å². The van der Waals surface area contributed by atoms with Gasteiger partial charge in [-0.3, -0.25) is 0 Å². The number of hydrogen-bond donors (Lipinski definition) is 0. The molecule has 0 aromatic rings. The number of alkyl halides is 2. The molecule has 21 heavy (non-hydrogen) atoms. The molecule has 13 heteroatoms. The quantitative estimate of drug-likeness (QED) is 0.247. The molecule has 0 N–H and O–H groups in total. The number of carbonyl (C=O) groups excluding carboxylic acids is 2. The van der Waals surface area contributed by atoms with Crippen LogP contribution in [0, 0.1) is 0 Å². The molecule has 0 aromatic heterocycles. The van der Waals surface area contributed by atoms with Gasteiger partial charge in [-0.05, 0) is 0 Å². The molecule has 0 amide bonds. The van der Waals surface area contributed by atoms with Crippen LogP contribution in [0.5, 0.6) is 0 Å². The van der Waals surface area contributed by atoms with E-state index in [1.165, 1.54) is 0 Å². The summed E-state index contributed by atoms with van der Waals surface area (Å²) in [4.78, 5) is 19.4. The average Bonchev–Trinajstić information content (AvgIpc) is 2.38. The van der Waals surface area contributed by atoms with Gasteiger partial charge in [0.25, 0.3) is 12.6 Å². The number of halogens is 6. The predicted octanol–water partition coefficient (Wildman–Crippen LogP) is -1.18. The Morgan fingerprint density at radius 1 is 0.857 bits per heavy atom. The molecule has 0 aromatic carbocycles. The Balaban J connectivity index is 0.000000364. The molecule has 2 rings (SSSR count). The molecule has 0 bridgehead atoms. The van der Waals surface area contributed by atoms with Gasteiger partial charge in [0.05, 0.1) is 11.9 Å². The second-order valence-electron chi connectivity index (χ2n) is 3.26. The second-order valence-corrected chi connectivity index (χ2v) is 3.26. The zero-order chi connectivity index (χ0) is 15.8. The van der Waals surface area contributed by atoms with Crippen LogP contribution in [-0.2, 0) is 30.0 Å². The van der Waals surface area contributed by atoms with Crippen LogP contribution >= 0.6 is 0 Å². The van der Waals surface area contributed by atoms with E-state index in [1.807, 2.05) is 0 Å². The Morgan fingerprint density at radius 3 is 1.19 bits per heavy atom. The third-order valence-corrected chi connectivity index (χ3v) is 2.08. The van der Waals surface area contributed by atoms with Crippen molar-refractivity contribution >= 4 is 11.9 Å². The third-order valence-electron chi connectivity index (χ3n) is 2.08. The summed E-state index contributed by atoms with van der Waals surface area (Å²) in [6, 6.07) is 0. The van der Waals surface area contributed by atoms with Crippen molar-refractivity contribution in [3.05, 3.63) is 23.0 Å². The minimum absolute atomic E-state index is 0. The third kappa shape index (κ3) is 3.30. The summed E-state index contributed by atoms with van der Waals surface area (Å²) in [5.74, 6) is -7.40. The average molecular weight is 411 g/mol. The molecular weight excluding hydrogens is 409 g/mol. The van der Waals surface area contributed by atoms with Gasteiger partial charge < -0.3 is 19.8 Å². The molecule has 0 spiro atoms. The summed E-state index contributed by atoms with van der Waals surface area (Å²) in [5, 5.41) is 17.7. The Hall–Kier alpha value is -1.74. The maximum Gasteiger partial charge on any atom is 2.00 e. The molecule has 0 fully saturated rings. The monoisotopic (exact) mass is 410 g/mol. The minimum atomic E-state index is -2.58. The van der Waals surface area contributed by atoms with E-state index in [1.54, 1.807) is 0 Å². The van der Waals surface area contributed by atoms with E-state index in [2.05, 4.69) is 0 Å². The molecule has 2 unspecified atom stereocenters. The van der Waals surface area contributed by atoms with Gasteiger partial charge in [0.2, 0.25) is 0 Å². The zero-order valence-corrected chi connectivity index (χ0v) is 10.8. The topological polar surface area (TPSA) is 86.7 Å². The van der Waals surface area contributed by atoms with Gasteiger partial charge in [-0.25, -0.2) is 17.6 Å². The van der Waals surface area contributed by atoms with E-state index >= 15 is 0 Å². The van der Waals surface area contributed by atoms with Gasteiger partial charge in [0.1, 0.15) is 11.4 Å². The van der Waals surface area contributed by atoms with Crippen molar-refractivity contribution in [3.63, 3.8) is 0 Å². The first-order valence-corrected chi connectivity index (χ1v) is 4.51. The van der Waals surface area contributed by atoms with Crippen LogP contribution in [0.4, 0.5) is 26.5 Å². The molecule has 0 saturated carbocycles. The predicted molar refractivity (Wildman–Crippen MR) is 42.0 cm³/mol. The number of nitrogens with zero attached hydrogens (tertiary/aromatic N) is 2. The van der Waals surface area contributed by atoms with Crippen LogP contribution < -0.4 is 10.2 Å². The first-order chi connectivity index (χ1) is 9.11. The number of hydrogen-bond acceptors (Lipinski definition) is 6. The number of rotatable bonds is 2. The van der Waals surface area contributed by atoms with Crippen molar-refractivity contribution in [2.45, 2.75) is 12.6 Å². The Labute approximate surface area is 125 Å². The van der Waals surface area contributed by atoms with Gasteiger partial charge in [-0.2, -0.15) is 10.2 Å². The van der Waals surface area contributed by atoms with Crippen LogP contribution in [0.2, 0.25) is 0 Å². The summed E-state index contributed by atoms with van der Waals surface area (Å²) in [7, 11) is 0. The van der Waals surface area contributed by atoms with Crippen molar-refractivity contribution < 1.29 is 66.7 Å². The summed E-state index contributed by atoms with van der Waals surface area (Å²) in [5.41, 5.74) is -2.74. The molecule has 2 aliphatic heterocycles. The first kappa shape index (κ1) is 19.3. The maximum absolute atomic E-state index is 11.9. The van der Waals surface area contributed by atoms with Crippen molar-refractivity contribution in [2.24, 2.45) is 0 Å². The fourth-order valence-electron chi connectivity index (χ4n) is 1.09. The molecule has 2 aliphatic rings. The minimum Gasteiger partial charge on any atom is -0.543 e. The molecule has 0 aliphatic carbocycles. The smallest absolute Gasteiger partial charge is 0.543 e. The van der Waals surface area contributed by atoms with Crippen molar-refractivity contribution in [1.82, 2.24) is 10.2 Å². The molecule has 2 atom stereocenters. The number of carboxylic acids is 2. The van der Waals surface area contributed by atoms with Crippen LogP contribution in [0.15, 0.2) is 23.0 Å². The molecule has 2 heterocycles. The maximum atomic E-state index is 11.9. The molecular formula is C8H2F6N2O4Pd. The standard InChI is InChI=1S/2C4H2F3NO2.Pd/c2*5-1-2(4(9)10)8(7)3(1)6;/h2*3H,(H,9,10);/q;;+2/p-2. The zero-order valence-electron chi connectivity index (χ0n) is 9.27. The van der Waals surface area contributed by atoms with Gasteiger partial charge in [-0.1, -0.05) is 8.96 Å². The van der Waals surface area contributed by atoms with Gasteiger partial charge in [0.15, 0.2) is 11.7 Å². The number of carbonyl (C=O) groups is 2. The number of carboxylic acid groups (broad SMARTS) is 2. The van der Waals surface area contributed by atoms with Gasteiger partial charge >= 0.3 is 20.4 Å². The molecule has 0 radical (unpaired) electrons. The van der Waals surface area contributed by atoms with Gasteiger partial charge in [-0.15, -0.1) is 0 Å². The first-order valence-electron chi connectivity index (χ1n) is 4.51. The summed E-state index contributed by atoms with van der Waals surface area (Å²) >= 11 is 0. The molecule has 0 saturated heterocycles. The molecule has 6 nitrogen and oxygen atoms in total. The summed E-state index contributed by atoms with van der Waals surface area (Å²) < 4.78 is 70.9. The second kappa shape index (κ2) is 6.81. The van der Waals surface area contributed by atoms with Crippen molar-refractivity contribution in [3.8, 4) is 0 Å². The van der Waals surface area contributed by atoms with E-state index in [0.717, 1.165) is 0 Å². The van der Waals surface area contributed by atoms with Crippen molar-refractivity contribution in [2.75, 3.05) is 0 Å². The fourth-order valence-corrected chi connectivity index (χ4v) is 1.09. The van der Waals surface area contributed by atoms with E-state index in [-0.39, 0.29) is 20.4 Å². The Kier molecular flexibility index (Phi) is 6.25. The van der Waals surface area contributed by atoms with E-state index < -0.39 is 57.8 Å². The van der Waals surface area contributed by atoms with Gasteiger partial charge in [0, 0.05) is 0 Å². The van der Waals surface area contributed by atoms with Crippen LogP contribution in [-0.4, -0.2) is 34.8 Å². The Bertz CT molecular complexity index is 481. The van der Waals surface area contributed by atoms with E-state index in [9.17, 15) is 46.3 Å². The summed E-state index contributed by atoms with van der Waals surface area (Å²) in [6.45, 7) is 0. The normalized spacial score (nSPS) is 23.5.